The van der Waals surface area contributed by atoms with Gasteiger partial charge in [-0.2, -0.15) is 0 Å². The lowest BCUT2D eigenvalue weighted by atomic mass is 10.0. The Labute approximate surface area is 196 Å². The molecule has 174 valence electrons. The number of amides is 1. The highest BCUT2D eigenvalue weighted by Crippen LogP contribution is 2.29. The molecule has 7 nitrogen and oxygen atoms in total. The van der Waals surface area contributed by atoms with Gasteiger partial charge in [0, 0.05) is 38.6 Å². The molecule has 0 aliphatic rings. The highest BCUT2D eigenvalue weighted by Gasteiger charge is 2.06. The lowest BCUT2D eigenvalue weighted by Crippen LogP contribution is -2.22. The van der Waals surface area contributed by atoms with E-state index in [-0.39, 0.29) is 0 Å². The summed E-state index contributed by atoms with van der Waals surface area (Å²) >= 11 is 0. The van der Waals surface area contributed by atoms with Crippen LogP contribution in [-0.4, -0.2) is 52.3 Å². The maximum atomic E-state index is 11.8. The van der Waals surface area contributed by atoms with E-state index in [1.165, 1.54) is 0 Å². The number of likely N-dealkylation sites (N-methyl/N-ethyl adjacent to an activating group) is 1. The summed E-state index contributed by atoms with van der Waals surface area (Å²) in [7, 11) is 7.92. The Morgan fingerprint density at radius 1 is 0.909 bits per heavy atom. The molecule has 0 atom stereocenters. The van der Waals surface area contributed by atoms with Gasteiger partial charge in [-0.05, 0) is 67.2 Å². The predicted molar refractivity (Wildman–Crippen MR) is 138 cm³/mol. The summed E-state index contributed by atoms with van der Waals surface area (Å²) in [4.78, 5) is 15.9. The monoisotopic (exact) mass is 447 g/mol. The molecule has 0 bridgehead atoms. The molecule has 1 amide bonds. The zero-order valence-corrected chi connectivity index (χ0v) is 19.8. The lowest BCUT2D eigenvalue weighted by molar-refractivity contribution is 0.151. The number of rotatable bonds is 9. The summed E-state index contributed by atoms with van der Waals surface area (Å²) in [5.74, 6) is 0. The van der Waals surface area contributed by atoms with Gasteiger partial charge in [0.25, 0.3) is 0 Å². The third-order valence-corrected chi connectivity index (χ3v) is 5.23. The molecule has 33 heavy (non-hydrogen) atoms. The first kappa shape index (κ1) is 23.9. The van der Waals surface area contributed by atoms with Gasteiger partial charge in [-0.3, -0.25) is 5.32 Å². The Kier molecular flexibility index (Phi) is 8.16. The quantitative estimate of drug-likeness (QED) is 0.412. The van der Waals surface area contributed by atoms with E-state index < -0.39 is 6.09 Å². The molecule has 0 aliphatic heterocycles. The van der Waals surface area contributed by atoms with E-state index in [1.807, 2.05) is 69.5 Å². The van der Waals surface area contributed by atoms with Crippen molar-refractivity contribution in [2.24, 2.45) is 0 Å². The van der Waals surface area contributed by atoms with Crippen molar-refractivity contribution in [1.82, 2.24) is 4.90 Å². The molecule has 7 heteroatoms. The Hall–Kier alpha value is -3.71. The van der Waals surface area contributed by atoms with E-state index in [1.54, 1.807) is 0 Å². The second-order valence-electron chi connectivity index (χ2n) is 8.36. The summed E-state index contributed by atoms with van der Waals surface area (Å²) in [6.45, 7) is 1.64. The molecule has 0 heterocycles. The number of anilines is 4. The van der Waals surface area contributed by atoms with Crippen LogP contribution in [0.25, 0.3) is 11.1 Å². The highest BCUT2D eigenvalue weighted by molar-refractivity contribution is 5.84. The van der Waals surface area contributed by atoms with Crippen molar-refractivity contribution in [3.8, 4) is 11.1 Å². The van der Waals surface area contributed by atoms with Crippen LogP contribution in [0.2, 0.25) is 0 Å². The van der Waals surface area contributed by atoms with Crippen molar-refractivity contribution in [2.75, 3.05) is 62.6 Å². The first-order valence-electron chi connectivity index (χ1n) is 10.9. The molecule has 0 aliphatic carbocycles. The normalized spacial score (nSPS) is 10.7. The van der Waals surface area contributed by atoms with Crippen molar-refractivity contribution in [1.29, 1.82) is 0 Å². The SMILES string of the molecule is CN(C)CCOC(=O)Nc1ccc(CNc2cc(-c3ccc(N(C)C)cc3)ccc2N)cc1. The molecular formula is C26H33N5O2. The van der Waals surface area contributed by atoms with Gasteiger partial charge in [0.05, 0.1) is 11.4 Å². The van der Waals surface area contributed by atoms with Gasteiger partial charge < -0.3 is 25.6 Å². The molecule has 0 unspecified atom stereocenters. The summed E-state index contributed by atoms with van der Waals surface area (Å²) in [5.41, 5.74) is 12.9. The van der Waals surface area contributed by atoms with E-state index in [2.05, 4.69) is 45.9 Å². The smallest absolute Gasteiger partial charge is 0.411 e. The number of nitrogen functional groups attached to an aromatic ring is 1. The van der Waals surface area contributed by atoms with Crippen LogP contribution in [0.3, 0.4) is 0 Å². The lowest BCUT2D eigenvalue weighted by Gasteiger charge is -2.14. The van der Waals surface area contributed by atoms with Gasteiger partial charge in [-0.15, -0.1) is 0 Å². The molecule has 3 aromatic rings. The standard InChI is InChI=1S/C26H33N5O2/c1-30(2)15-16-33-26(32)29-22-10-5-19(6-11-22)18-28-25-17-21(9-14-24(25)27)20-7-12-23(13-8-20)31(3)4/h5-14,17,28H,15-16,18,27H2,1-4H3,(H,29,32). The van der Waals surface area contributed by atoms with Gasteiger partial charge in [-0.1, -0.05) is 30.3 Å². The second kappa shape index (κ2) is 11.2. The molecule has 0 saturated carbocycles. The minimum Gasteiger partial charge on any atom is -0.448 e. The van der Waals surface area contributed by atoms with Crippen molar-refractivity contribution < 1.29 is 9.53 Å². The maximum absolute atomic E-state index is 11.8. The summed E-state index contributed by atoms with van der Waals surface area (Å²) < 4.78 is 5.15. The van der Waals surface area contributed by atoms with Crippen LogP contribution in [0.5, 0.6) is 0 Å². The minimum atomic E-state index is -0.453. The van der Waals surface area contributed by atoms with Gasteiger partial charge in [0.1, 0.15) is 6.61 Å². The third-order valence-electron chi connectivity index (χ3n) is 5.23. The van der Waals surface area contributed by atoms with Crippen LogP contribution >= 0.6 is 0 Å². The van der Waals surface area contributed by atoms with E-state index in [0.29, 0.717) is 31.1 Å². The topological polar surface area (TPSA) is 82.9 Å². The van der Waals surface area contributed by atoms with Crippen LogP contribution < -0.4 is 21.3 Å². The number of hydrogen-bond donors (Lipinski definition) is 3. The average Bonchev–Trinajstić information content (AvgIpc) is 2.79. The van der Waals surface area contributed by atoms with E-state index >= 15 is 0 Å². The molecule has 3 rings (SSSR count). The summed E-state index contributed by atoms with van der Waals surface area (Å²) in [6.07, 6.45) is -0.453. The van der Waals surface area contributed by atoms with Gasteiger partial charge in [0.15, 0.2) is 0 Å². The first-order valence-corrected chi connectivity index (χ1v) is 10.9. The molecule has 0 radical (unpaired) electrons. The van der Waals surface area contributed by atoms with Crippen LogP contribution in [0.4, 0.5) is 27.5 Å². The van der Waals surface area contributed by atoms with Gasteiger partial charge >= 0.3 is 6.09 Å². The molecule has 4 N–H and O–H groups in total. The zero-order chi connectivity index (χ0) is 23.8. The Morgan fingerprint density at radius 3 is 2.21 bits per heavy atom. The van der Waals surface area contributed by atoms with E-state index in [0.717, 1.165) is 28.1 Å². The van der Waals surface area contributed by atoms with Crippen LogP contribution in [0.1, 0.15) is 5.56 Å². The fraction of sp³-hybridized carbons (Fsp3) is 0.269. The van der Waals surface area contributed by atoms with E-state index in [4.69, 9.17) is 10.5 Å². The fourth-order valence-corrected chi connectivity index (χ4v) is 3.22. The maximum Gasteiger partial charge on any atom is 0.411 e. The van der Waals surface area contributed by atoms with Crippen LogP contribution in [-0.2, 0) is 11.3 Å². The number of benzene rings is 3. The van der Waals surface area contributed by atoms with Crippen molar-refractivity contribution >= 4 is 28.8 Å². The van der Waals surface area contributed by atoms with E-state index in [9.17, 15) is 4.79 Å². The van der Waals surface area contributed by atoms with Gasteiger partial charge in [0.2, 0.25) is 0 Å². The second-order valence-corrected chi connectivity index (χ2v) is 8.36. The number of nitrogens with two attached hydrogens (primary N) is 1. The number of hydrogen-bond acceptors (Lipinski definition) is 6. The molecule has 0 fully saturated rings. The molecule has 0 spiro atoms. The Bertz CT molecular complexity index is 1050. The van der Waals surface area contributed by atoms with Crippen LogP contribution in [0, 0.1) is 0 Å². The van der Waals surface area contributed by atoms with Crippen LogP contribution in [0.15, 0.2) is 66.7 Å². The van der Waals surface area contributed by atoms with Crippen molar-refractivity contribution in [2.45, 2.75) is 6.54 Å². The summed E-state index contributed by atoms with van der Waals surface area (Å²) in [6, 6.07) is 22.1. The Balaban J connectivity index is 1.58. The molecule has 3 aromatic carbocycles. The fourth-order valence-electron chi connectivity index (χ4n) is 3.22. The highest BCUT2D eigenvalue weighted by atomic mass is 16.5. The molecule has 0 aromatic heterocycles. The molecule has 0 saturated heterocycles. The number of ether oxygens (including phenoxy) is 1. The minimum absolute atomic E-state index is 0.348. The number of carbonyl (C=O) groups is 1. The zero-order valence-electron chi connectivity index (χ0n) is 19.8. The largest absolute Gasteiger partial charge is 0.448 e. The third kappa shape index (κ3) is 7.15. The number of nitrogens with zero attached hydrogens (tertiary/aromatic N) is 2. The van der Waals surface area contributed by atoms with Crippen molar-refractivity contribution in [3.05, 3.63) is 72.3 Å². The molecular weight excluding hydrogens is 414 g/mol. The Morgan fingerprint density at radius 2 is 1.58 bits per heavy atom. The predicted octanol–water partition coefficient (Wildman–Crippen LogP) is 4.72. The average molecular weight is 448 g/mol. The summed E-state index contributed by atoms with van der Waals surface area (Å²) in [5, 5.41) is 6.16. The number of carbonyl (C=O) groups excluding carboxylic acids is 1. The van der Waals surface area contributed by atoms with Gasteiger partial charge in [-0.25, -0.2) is 4.79 Å². The number of nitrogens with one attached hydrogen (secondary N) is 2. The first-order chi connectivity index (χ1) is 15.8. The van der Waals surface area contributed by atoms with Crippen molar-refractivity contribution in [3.63, 3.8) is 0 Å².